The minimum absolute atomic E-state index is 0.765. The molecule has 0 aliphatic heterocycles. The van der Waals surface area contributed by atoms with Gasteiger partial charge in [-0.3, -0.25) is 0 Å². The van der Waals surface area contributed by atoms with Crippen LogP contribution >= 0.6 is 22.6 Å². The number of hydrogen-bond acceptors (Lipinski definition) is 1. The van der Waals surface area contributed by atoms with Crippen LogP contribution in [0.2, 0.25) is 0 Å². The van der Waals surface area contributed by atoms with Crippen molar-refractivity contribution in [3.05, 3.63) is 68.8 Å². The maximum absolute atomic E-state index is 8.99. The molecule has 0 unspecified atom stereocenters. The predicted octanol–water partition coefficient (Wildman–Crippen LogP) is 3.75. The second-order valence-electron chi connectivity index (χ2n) is 3.57. The number of halogens is 1. The summed E-state index contributed by atoms with van der Waals surface area (Å²) in [7, 11) is 0. The van der Waals surface area contributed by atoms with Gasteiger partial charge >= 0.3 is 0 Å². The van der Waals surface area contributed by atoms with Crippen LogP contribution in [-0.4, -0.2) is 0 Å². The van der Waals surface area contributed by atoms with Crippen LogP contribution in [0.5, 0.6) is 0 Å². The molecule has 2 aromatic rings. The molecular weight excluding hydrogens is 309 g/mol. The maximum Gasteiger partial charge on any atom is 0.0994 e. The van der Waals surface area contributed by atoms with Crippen LogP contribution in [0.25, 0.3) is 0 Å². The largest absolute Gasteiger partial charge is 0.192 e. The van der Waals surface area contributed by atoms with Crippen LogP contribution in [0.3, 0.4) is 0 Å². The van der Waals surface area contributed by atoms with E-state index in [0.717, 1.165) is 17.5 Å². The first-order chi connectivity index (χ1) is 7.79. The molecule has 0 saturated heterocycles. The second kappa shape index (κ2) is 5.13. The van der Waals surface area contributed by atoms with Crippen molar-refractivity contribution in [2.24, 2.45) is 0 Å². The minimum atomic E-state index is 0.765. The number of nitrogens with zero attached hydrogens (tertiary/aromatic N) is 1. The molecule has 2 heteroatoms. The van der Waals surface area contributed by atoms with Crippen molar-refractivity contribution in [3.63, 3.8) is 0 Å². The van der Waals surface area contributed by atoms with E-state index in [1.807, 2.05) is 24.3 Å². The van der Waals surface area contributed by atoms with Gasteiger partial charge in [0.2, 0.25) is 0 Å². The third kappa shape index (κ3) is 2.61. The lowest BCUT2D eigenvalue weighted by Crippen LogP contribution is -1.91. The molecule has 16 heavy (non-hydrogen) atoms. The molecule has 0 atom stereocenters. The van der Waals surface area contributed by atoms with E-state index in [9.17, 15) is 0 Å². The first-order valence-corrected chi connectivity index (χ1v) is 6.10. The van der Waals surface area contributed by atoms with Crippen LogP contribution in [0.15, 0.2) is 48.5 Å². The number of hydrogen-bond donors (Lipinski definition) is 0. The first-order valence-electron chi connectivity index (χ1n) is 5.02. The Kier molecular flexibility index (Phi) is 3.58. The molecule has 0 fully saturated rings. The molecule has 78 valence electrons. The molecule has 2 aromatic carbocycles. The molecule has 1 nitrogen and oxygen atoms in total. The SMILES string of the molecule is N#Cc1ccccc1Cc1ccc(I)cc1. The van der Waals surface area contributed by atoms with E-state index in [-0.39, 0.29) is 0 Å². The van der Waals surface area contributed by atoms with Gasteiger partial charge in [-0.25, -0.2) is 0 Å². The van der Waals surface area contributed by atoms with Crippen LogP contribution in [-0.2, 0) is 6.42 Å². The molecule has 0 aliphatic rings. The highest BCUT2D eigenvalue weighted by molar-refractivity contribution is 14.1. The van der Waals surface area contributed by atoms with Gasteiger partial charge in [0.15, 0.2) is 0 Å². The lowest BCUT2D eigenvalue weighted by molar-refractivity contribution is 1.18. The molecular formula is C14H10IN. The molecule has 0 aromatic heterocycles. The van der Waals surface area contributed by atoms with Gasteiger partial charge in [-0.05, 0) is 58.3 Å². The van der Waals surface area contributed by atoms with Gasteiger partial charge in [0.05, 0.1) is 11.6 Å². The van der Waals surface area contributed by atoms with Crippen LogP contribution in [0.1, 0.15) is 16.7 Å². The monoisotopic (exact) mass is 319 g/mol. The zero-order valence-corrected chi connectivity index (χ0v) is 10.8. The summed E-state index contributed by atoms with van der Waals surface area (Å²) >= 11 is 2.29. The molecule has 0 heterocycles. The van der Waals surface area contributed by atoms with E-state index in [1.54, 1.807) is 0 Å². The van der Waals surface area contributed by atoms with Crippen molar-refractivity contribution in [3.8, 4) is 6.07 Å². The summed E-state index contributed by atoms with van der Waals surface area (Å²) in [6.07, 6.45) is 0.820. The van der Waals surface area contributed by atoms with Gasteiger partial charge in [0.1, 0.15) is 0 Å². The highest BCUT2D eigenvalue weighted by Crippen LogP contribution is 2.14. The van der Waals surface area contributed by atoms with Crippen molar-refractivity contribution < 1.29 is 0 Å². The van der Waals surface area contributed by atoms with Gasteiger partial charge in [-0.15, -0.1) is 0 Å². The van der Waals surface area contributed by atoms with E-state index >= 15 is 0 Å². The maximum atomic E-state index is 8.99. The number of nitriles is 1. The quantitative estimate of drug-likeness (QED) is 0.773. The smallest absolute Gasteiger partial charge is 0.0994 e. The molecule has 0 N–H and O–H groups in total. The van der Waals surface area contributed by atoms with Crippen LogP contribution in [0.4, 0.5) is 0 Å². The van der Waals surface area contributed by atoms with Crippen molar-refractivity contribution in [1.29, 1.82) is 5.26 Å². The highest BCUT2D eigenvalue weighted by atomic mass is 127. The third-order valence-corrected chi connectivity index (χ3v) is 3.16. The van der Waals surface area contributed by atoms with Crippen molar-refractivity contribution in [2.45, 2.75) is 6.42 Å². The van der Waals surface area contributed by atoms with E-state index in [2.05, 4.69) is 52.9 Å². The first kappa shape index (κ1) is 11.2. The third-order valence-electron chi connectivity index (χ3n) is 2.45. The zero-order chi connectivity index (χ0) is 11.4. The van der Waals surface area contributed by atoms with Crippen LogP contribution < -0.4 is 0 Å². The fourth-order valence-electron chi connectivity index (χ4n) is 1.61. The molecule has 0 bridgehead atoms. The molecule has 0 aliphatic carbocycles. The Morgan fingerprint density at radius 3 is 2.38 bits per heavy atom. The highest BCUT2D eigenvalue weighted by Gasteiger charge is 2.01. The lowest BCUT2D eigenvalue weighted by Gasteiger charge is -2.04. The summed E-state index contributed by atoms with van der Waals surface area (Å²) in [4.78, 5) is 0. The molecule has 0 amide bonds. The van der Waals surface area contributed by atoms with Gasteiger partial charge in [-0.1, -0.05) is 30.3 Å². The van der Waals surface area contributed by atoms with Crippen molar-refractivity contribution in [2.75, 3.05) is 0 Å². The Bertz CT molecular complexity index is 523. The Balaban J connectivity index is 2.27. The number of benzene rings is 2. The summed E-state index contributed by atoms with van der Waals surface area (Å²) in [6.45, 7) is 0. The van der Waals surface area contributed by atoms with Crippen molar-refractivity contribution >= 4 is 22.6 Å². The second-order valence-corrected chi connectivity index (χ2v) is 4.82. The summed E-state index contributed by atoms with van der Waals surface area (Å²) in [5.74, 6) is 0. The van der Waals surface area contributed by atoms with Gasteiger partial charge in [0.25, 0.3) is 0 Å². The molecule has 0 saturated carbocycles. The average Bonchev–Trinajstić information content (AvgIpc) is 2.33. The Morgan fingerprint density at radius 2 is 1.69 bits per heavy atom. The van der Waals surface area contributed by atoms with Crippen molar-refractivity contribution in [1.82, 2.24) is 0 Å². The summed E-state index contributed by atoms with van der Waals surface area (Å²) in [6, 6.07) is 18.4. The Hall–Kier alpha value is -1.34. The Morgan fingerprint density at radius 1 is 1.00 bits per heavy atom. The zero-order valence-electron chi connectivity index (χ0n) is 8.65. The minimum Gasteiger partial charge on any atom is -0.192 e. The van der Waals surface area contributed by atoms with E-state index in [1.165, 1.54) is 9.13 Å². The fraction of sp³-hybridized carbons (Fsp3) is 0.0714. The van der Waals surface area contributed by atoms with E-state index < -0.39 is 0 Å². The molecule has 2 rings (SSSR count). The van der Waals surface area contributed by atoms with Gasteiger partial charge < -0.3 is 0 Å². The van der Waals surface area contributed by atoms with Crippen LogP contribution in [0, 0.1) is 14.9 Å². The normalized spacial score (nSPS) is 9.75. The van der Waals surface area contributed by atoms with Gasteiger partial charge in [-0.2, -0.15) is 5.26 Å². The lowest BCUT2D eigenvalue weighted by atomic mass is 10.0. The number of rotatable bonds is 2. The predicted molar refractivity (Wildman–Crippen MR) is 73.1 cm³/mol. The van der Waals surface area contributed by atoms with Gasteiger partial charge in [0, 0.05) is 3.57 Å². The topological polar surface area (TPSA) is 23.8 Å². The summed E-state index contributed by atoms with van der Waals surface area (Å²) in [5.41, 5.74) is 3.09. The fourth-order valence-corrected chi connectivity index (χ4v) is 1.97. The standard InChI is InChI=1S/C14H10IN/c15-14-7-5-11(6-8-14)9-12-3-1-2-4-13(12)10-16/h1-8H,9H2. The molecule has 0 spiro atoms. The average molecular weight is 319 g/mol. The Labute approximate surface area is 109 Å². The summed E-state index contributed by atoms with van der Waals surface area (Å²) < 4.78 is 1.23. The molecule has 0 radical (unpaired) electrons. The van der Waals surface area contributed by atoms with E-state index in [4.69, 9.17) is 5.26 Å². The van der Waals surface area contributed by atoms with E-state index in [0.29, 0.717) is 0 Å². The summed E-state index contributed by atoms with van der Waals surface area (Å²) in [5, 5.41) is 8.99.